The highest BCUT2D eigenvalue weighted by Gasteiger charge is 2.37. The Morgan fingerprint density at radius 3 is 2.63 bits per heavy atom. The molecule has 0 bridgehead atoms. The van der Waals surface area contributed by atoms with Crippen molar-refractivity contribution in [3.63, 3.8) is 0 Å². The number of carbonyl (C=O) groups excluding carboxylic acids is 1. The number of carbonyl (C=O) groups is 1. The third-order valence-electron chi connectivity index (χ3n) is 3.80. The molecule has 0 unspecified atom stereocenters. The fourth-order valence-corrected chi connectivity index (χ4v) is 4.87. The minimum atomic E-state index is -3.11. The second-order valence-electron chi connectivity index (χ2n) is 5.15. The lowest BCUT2D eigenvalue weighted by molar-refractivity contribution is 0.0701. The minimum absolute atomic E-state index is 0.0817. The summed E-state index contributed by atoms with van der Waals surface area (Å²) in [6, 6.07) is 1.58. The van der Waals surface area contributed by atoms with Crippen LogP contribution in [-0.2, 0) is 9.84 Å². The van der Waals surface area contributed by atoms with E-state index in [4.69, 9.17) is 0 Å². The van der Waals surface area contributed by atoms with E-state index >= 15 is 0 Å². The van der Waals surface area contributed by atoms with Gasteiger partial charge in [0, 0.05) is 24.7 Å². The van der Waals surface area contributed by atoms with E-state index in [2.05, 4.69) is 0 Å². The Hall–Kier alpha value is -0.880. The molecule has 106 valence electrons. The van der Waals surface area contributed by atoms with E-state index < -0.39 is 15.1 Å². The van der Waals surface area contributed by atoms with E-state index in [9.17, 15) is 13.2 Å². The Balaban J connectivity index is 2.21. The van der Waals surface area contributed by atoms with Crippen molar-refractivity contribution in [1.29, 1.82) is 0 Å². The van der Waals surface area contributed by atoms with Crippen molar-refractivity contribution >= 4 is 27.1 Å². The molecule has 2 rings (SSSR count). The Bertz CT molecular complexity index is 536. The van der Waals surface area contributed by atoms with Crippen LogP contribution >= 0.6 is 11.3 Å². The van der Waals surface area contributed by atoms with E-state index in [0.717, 1.165) is 19.3 Å². The predicted molar refractivity (Wildman–Crippen MR) is 77.3 cm³/mol. The van der Waals surface area contributed by atoms with Crippen LogP contribution in [0.2, 0.25) is 0 Å². The summed E-state index contributed by atoms with van der Waals surface area (Å²) in [4.78, 5) is 13.9. The van der Waals surface area contributed by atoms with Crippen molar-refractivity contribution < 1.29 is 13.2 Å². The third kappa shape index (κ3) is 3.17. The van der Waals surface area contributed by atoms with Gasteiger partial charge in [0.15, 0.2) is 9.84 Å². The molecule has 4 nitrogen and oxygen atoms in total. The highest BCUT2D eigenvalue weighted by atomic mass is 32.2. The Labute approximate surface area is 118 Å². The molecular weight excluding hydrogens is 282 g/mol. The van der Waals surface area contributed by atoms with Gasteiger partial charge in [0.1, 0.15) is 0 Å². The lowest BCUT2D eigenvalue weighted by atomic mass is 9.93. The SMILES string of the molecule is CN(C(=O)c1ccsc1)[C@H]1CCCC[C@@H]1S(C)(=O)=O. The first-order valence-electron chi connectivity index (χ1n) is 6.39. The molecule has 1 aliphatic carbocycles. The molecule has 1 heterocycles. The van der Waals surface area contributed by atoms with Gasteiger partial charge in [-0.15, -0.1) is 0 Å². The molecule has 0 aliphatic heterocycles. The second-order valence-corrected chi connectivity index (χ2v) is 8.19. The van der Waals surface area contributed by atoms with E-state index in [0.29, 0.717) is 12.0 Å². The van der Waals surface area contributed by atoms with E-state index in [1.54, 1.807) is 23.4 Å². The second kappa shape index (κ2) is 5.63. The molecule has 1 fully saturated rings. The molecule has 0 aromatic carbocycles. The monoisotopic (exact) mass is 301 g/mol. The number of nitrogens with zero attached hydrogens (tertiary/aromatic N) is 1. The van der Waals surface area contributed by atoms with Gasteiger partial charge < -0.3 is 4.90 Å². The van der Waals surface area contributed by atoms with Crippen molar-refractivity contribution in [2.45, 2.75) is 37.0 Å². The number of rotatable bonds is 3. The summed E-state index contributed by atoms with van der Waals surface area (Å²) in [5.41, 5.74) is 0.644. The topological polar surface area (TPSA) is 54.5 Å². The first-order chi connectivity index (χ1) is 8.91. The van der Waals surface area contributed by atoms with E-state index in [-0.39, 0.29) is 11.9 Å². The van der Waals surface area contributed by atoms with Crippen molar-refractivity contribution in [2.75, 3.05) is 13.3 Å². The van der Waals surface area contributed by atoms with Crippen LogP contribution in [0.15, 0.2) is 16.8 Å². The van der Waals surface area contributed by atoms with Gasteiger partial charge in [-0.3, -0.25) is 4.79 Å². The van der Waals surface area contributed by atoms with Crippen LogP contribution in [0, 0.1) is 0 Å². The van der Waals surface area contributed by atoms with Crippen LogP contribution < -0.4 is 0 Å². The summed E-state index contributed by atoms with van der Waals surface area (Å²) in [5.74, 6) is -0.0817. The highest BCUT2D eigenvalue weighted by molar-refractivity contribution is 7.91. The molecule has 1 amide bonds. The van der Waals surface area contributed by atoms with Gasteiger partial charge in [-0.2, -0.15) is 11.3 Å². The van der Waals surface area contributed by atoms with E-state index in [1.165, 1.54) is 17.6 Å². The standard InChI is InChI=1S/C13H19NO3S2/c1-14(13(15)10-7-8-18-9-10)11-5-3-4-6-12(11)19(2,16)17/h7-9,11-12H,3-6H2,1-2H3/t11-,12-/m0/s1. The smallest absolute Gasteiger partial charge is 0.254 e. The van der Waals surface area contributed by atoms with Crippen LogP contribution in [0.5, 0.6) is 0 Å². The zero-order valence-corrected chi connectivity index (χ0v) is 12.8. The third-order valence-corrected chi connectivity index (χ3v) is 6.14. The van der Waals surface area contributed by atoms with Crippen LogP contribution in [0.4, 0.5) is 0 Å². The zero-order chi connectivity index (χ0) is 14.0. The Morgan fingerprint density at radius 2 is 2.05 bits per heavy atom. The number of sulfone groups is 1. The maximum atomic E-state index is 12.3. The van der Waals surface area contributed by atoms with E-state index in [1.807, 2.05) is 5.38 Å². The molecule has 6 heteroatoms. The van der Waals surface area contributed by atoms with Crippen LogP contribution in [0.25, 0.3) is 0 Å². The molecule has 1 saturated carbocycles. The lowest BCUT2D eigenvalue weighted by Crippen LogP contribution is -2.49. The van der Waals surface area contributed by atoms with Gasteiger partial charge >= 0.3 is 0 Å². The number of hydrogen-bond donors (Lipinski definition) is 0. The maximum Gasteiger partial charge on any atom is 0.254 e. The molecule has 0 spiro atoms. The van der Waals surface area contributed by atoms with Gasteiger partial charge in [-0.1, -0.05) is 12.8 Å². The normalized spacial score (nSPS) is 24.1. The molecular formula is C13H19NO3S2. The van der Waals surface area contributed by atoms with Gasteiger partial charge in [-0.05, 0) is 24.3 Å². The predicted octanol–water partition coefficient (Wildman–Crippen LogP) is 2.18. The largest absolute Gasteiger partial charge is 0.337 e. The van der Waals surface area contributed by atoms with Crippen molar-refractivity contribution in [1.82, 2.24) is 4.90 Å². The number of hydrogen-bond acceptors (Lipinski definition) is 4. The summed E-state index contributed by atoms with van der Waals surface area (Å²) in [7, 11) is -1.40. The van der Waals surface area contributed by atoms with Crippen LogP contribution in [-0.4, -0.2) is 43.8 Å². The minimum Gasteiger partial charge on any atom is -0.337 e. The van der Waals surface area contributed by atoms with Gasteiger partial charge in [0.05, 0.1) is 10.8 Å². The molecule has 0 radical (unpaired) electrons. The molecule has 19 heavy (non-hydrogen) atoms. The van der Waals surface area contributed by atoms with Crippen molar-refractivity contribution in [3.8, 4) is 0 Å². The molecule has 2 atom stereocenters. The molecule has 1 aliphatic rings. The molecule has 0 saturated heterocycles. The summed E-state index contributed by atoms with van der Waals surface area (Å²) in [6.45, 7) is 0. The summed E-state index contributed by atoms with van der Waals surface area (Å²) in [5, 5.41) is 3.24. The van der Waals surface area contributed by atoms with Crippen molar-refractivity contribution in [3.05, 3.63) is 22.4 Å². The van der Waals surface area contributed by atoms with Gasteiger partial charge in [-0.25, -0.2) is 8.42 Å². The molecule has 0 N–H and O–H groups in total. The Morgan fingerprint density at radius 1 is 1.37 bits per heavy atom. The highest BCUT2D eigenvalue weighted by Crippen LogP contribution is 2.28. The van der Waals surface area contributed by atoms with Crippen molar-refractivity contribution in [2.24, 2.45) is 0 Å². The summed E-state index contributed by atoms with van der Waals surface area (Å²) < 4.78 is 23.7. The summed E-state index contributed by atoms with van der Waals surface area (Å²) >= 11 is 1.47. The average molecular weight is 301 g/mol. The van der Waals surface area contributed by atoms with Crippen LogP contribution in [0.1, 0.15) is 36.0 Å². The quantitative estimate of drug-likeness (QED) is 0.860. The van der Waals surface area contributed by atoms with Crippen LogP contribution in [0.3, 0.4) is 0 Å². The summed E-state index contributed by atoms with van der Waals surface area (Å²) in [6.07, 6.45) is 4.61. The molecule has 1 aromatic heterocycles. The zero-order valence-electron chi connectivity index (χ0n) is 11.2. The first kappa shape index (κ1) is 14.5. The first-order valence-corrected chi connectivity index (χ1v) is 9.29. The average Bonchev–Trinajstić information content (AvgIpc) is 2.90. The number of amides is 1. The van der Waals surface area contributed by atoms with Gasteiger partial charge in [0.25, 0.3) is 5.91 Å². The van der Waals surface area contributed by atoms with Gasteiger partial charge in [0.2, 0.25) is 0 Å². The maximum absolute atomic E-state index is 12.3. The molecule has 1 aromatic rings. The number of thiophene rings is 1. The lowest BCUT2D eigenvalue weighted by Gasteiger charge is -2.36. The fourth-order valence-electron chi connectivity index (χ4n) is 2.76. The fraction of sp³-hybridized carbons (Fsp3) is 0.615. The Kier molecular flexibility index (Phi) is 4.30.